The summed E-state index contributed by atoms with van der Waals surface area (Å²) in [4.78, 5) is 4.85. The van der Waals surface area contributed by atoms with Gasteiger partial charge in [0.25, 0.3) is 0 Å². The van der Waals surface area contributed by atoms with Gasteiger partial charge in [0.05, 0.1) is 5.52 Å². The van der Waals surface area contributed by atoms with Crippen LogP contribution in [0.15, 0.2) is 110 Å². The van der Waals surface area contributed by atoms with Gasteiger partial charge in [-0.1, -0.05) is 97.6 Å². The van der Waals surface area contributed by atoms with E-state index in [4.69, 9.17) is 4.98 Å². The number of hydrogen-bond acceptors (Lipinski definition) is 1. The van der Waals surface area contributed by atoms with Crippen molar-refractivity contribution in [3.05, 3.63) is 127 Å². The molecule has 2 nitrogen and oxygen atoms in total. The van der Waals surface area contributed by atoms with Crippen molar-refractivity contribution >= 4 is 33.4 Å². The number of pyridine rings is 1. The number of hydrogen-bond donors (Lipinski definition) is 0. The minimum Gasteiger partial charge on any atom is -0.296 e. The van der Waals surface area contributed by atoms with Crippen molar-refractivity contribution < 1.29 is 0 Å². The van der Waals surface area contributed by atoms with Crippen LogP contribution in [0.1, 0.15) is 16.8 Å². The molecule has 2 aromatic heterocycles. The molecule has 32 heavy (non-hydrogen) atoms. The number of nitrogens with zero attached hydrogens (tertiary/aromatic N) is 2. The summed E-state index contributed by atoms with van der Waals surface area (Å²) in [6.45, 7) is 3.86. The zero-order valence-electron chi connectivity index (χ0n) is 17.7. The van der Waals surface area contributed by atoms with Gasteiger partial charge in [-0.15, -0.1) is 0 Å². The van der Waals surface area contributed by atoms with E-state index in [1.165, 1.54) is 44.1 Å². The maximum Gasteiger partial charge on any atom is 0.145 e. The number of rotatable bonds is 4. The predicted octanol–water partition coefficient (Wildman–Crippen LogP) is 7.54. The van der Waals surface area contributed by atoms with Crippen LogP contribution in [0.25, 0.3) is 44.5 Å². The molecule has 0 amide bonds. The Balaban J connectivity index is 1.62. The van der Waals surface area contributed by atoms with Crippen LogP contribution < -0.4 is 0 Å². The molecule has 6 aromatic rings. The van der Waals surface area contributed by atoms with E-state index in [1.807, 2.05) is 12.3 Å². The Kier molecular flexibility index (Phi) is 4.36. The van der Waals surface area contributed by atoms with Gasteiger partial charge in [-0.25, -0.2) is 4.98 Å². The number of benzene rings is 4. The molecule has 2 heteroatoms. The molecule has 6 rings (SSSR count). The SMILES string of the molecule is C=Cc1ccc(-c2ccc3c(c2)c2ccccc2c2ncc(Cc4ccccc4)n32)cc1. The van der Waals surface area contributed by atoms with Crippen LogP contribution in [0.3, 0.4) is 0 Å². The van der Waals surface area contributed by atoms with Crippen molar-refractivity contribution in [3.8, 4) is 11.1 Å². The van der Waals surface area contributed by atoms with Crippen LogP contribution in [0.2, 0.25) is 0 Å². The first-order chi connectivity index (χ1) is 15.8. The normalized spacial score (nSPS) is 11.4. The van der Waals surface area contributed by atoms with Gasteiger partial charge in [0, 0.05) is 29.1 Å². The maximum absolute atomic E-state index is 4.85. The highest BCUT2D eigenvalue weighted by molar-refractivity contribution is 6.12. The monoisotopic (exact) mass is 410 g/mol. The summed E-state index contributed by atoms with van der Waals surface area (Å²) < 4.78 is 2.33. The number of fused-ring (bicyclic) bond motifs is 6. The molecule has 0 bridgehead atoms. The van der Waals surface area contributed by atoms with Gasteiger partial charge in [-0.3, -0.25) is 4.40 Å². The molecular weight excluding hydrogens is 388 g/mol. The Labute approximate surface area is 187 Å². The summed E-state index contributed by atoms with van der Waals surface area (Å²) >= 11 is 0. The molecule has 0 atom stereocenters. The second kappa shape index (κ2) is 7.51. The van der Waals surface area contributed by atoms with Crippen molar-refractivity contribution in [2.45, 2.75) is 6.42 Å². The van der Waals surface area contributed by atoms with Gasteiger partial charge in [0.15, 0.2) is 0 Å². The first-order valence-electron chi connectivity index (χ1n) is 10.9. The average Bonchev–Trinajstić information content (AvgIpc) is 3.28. The molecule has 0 aliphatic carbocycles. The van der Waals surface area contributed by atoms with Crippen LogP contribution in [0.4, 0.5) is 0 Å². The van der Waals surface area contributed by atoms with Crippen molar-refractivity contribution in [1.82, 2.24) is 9.38 Å². The smallest absolute Gasteiger partial charge is 0.145 e. The summed E-state index contributed by atoms with van der Waals surface area (Å²) in [5, 5.41) is 3.65. The summed E-state index contributed by atoms with van der Waals surface area (Å²) in [5.74, 6) is 0. The first kappa shape index (κ1) is 18.6. The van der Waals surface area contributed by atoms with Crippen molar-refractivity contribution in [1.29, 1.82) is 0 Å². The fourth-order valence-electron chi connectivity index (χ4n) is 4.63. The Morgan fingerprint density at radius 1 is 0.719 bits per heavy atom. The molecular formula is C30H22N2. The maximum atomic E-state index is 4.85. The fourth-order valence-corrected chi connectivity index (χ4v) is 4.63. The fraction of sp³-hybridized carbons (Fsp3) is 0.0333. The molecule has 0 spiro atoms. The van der Waals surface area contributed by atoms with Crippen LogP contribution in [0, 0.1) is 0 Å². The third kappa shape index (κ3) is 3.00. The second-order valence-corrected chi connectivity index (χ2v) is 8.17. The number of imidazole rings is 1. The highest BCUT2D eigenvalue weighted by Crippen LogP contribution is 2.33. The zero-order chi connectivity index (χ0) is 21.5. The van der Waals surface area contributed by atoms with E-state index >= 15 is 0 Å². The second-order valence-electron chi connectivity index (χ2n) is 8.17. The first-order valence-corrected chi connectivity index (χ1v) is 10.9. The summed E-state index contributed by atoms with van der Waals surface area (Å²) in [6.07, 6.45) is 4.75. The summed E-state index contributed by atoms with van der Waals surface area (Å²) in [5.41, 5.74) is 8.24. The largest absolute Gasteiger partial charge is 0.296 e. The van der Waals surface area contributed by atoms with E-state index in [0.29, 0.717) is 0 Å². The van der Waals surface area contributed by atoms with Gasteiger partial charge in [-0.2, -0.15) is 0 Å². The average molecular weight is 411 g/mol. The highest BCUT2D eigenvalue weighted by atomic mass is 15.0. The van der Waals surface area contributed by atoms with Crippen LogP contribution in [-0.4, -0.2) is 9.38 Å². The molecule has 0 saturated heterocycles. The van der Waals surface area contributed by atoms with E-state index in [9.17, 15) is 0 Å². The molecule has 0 aliphatic heterocycles. The third-order valence-electron chi connectivity index (χ3n) is 6.24. The Morgan fingerprint density at radius 2 is 1.44 bits per heavy atom. The molecule has 0 N–H and O–H groups in total. The molecule has 0 radical (unpaired) electrons. The van der Waals surface area contributed by atoms with E-state index < -0.39 is 0 Å². The Morgan fingerprint density at radius 3 is 2.22 bits per heavy atom. The van der Waals surface area contributed by atoms with Gasteiger partial charge in [0.1, 0.15) is 5.65 Å². The Bertz CT molecular complexity index is 1590. The lowest BCUT2D eigenvalue weighted by atomic mass is 9.99. The topological polar surface area (TPSA) is 17.3 Å². The van der Waals surface area contributed by atoms with E-state index in [1.54, 1.807) is 0 Å². The minimum absolute atomic E-state index is 0.847. The lowest BCUT2D eigenvalue weighted by Crippen LogP contribution is -1.98. The Hall–Kier alpha value is -4.17. The van der Waals surface area contributed by atoms with Crippen LogP contribution in [0.5, 0.6) is 0 Å². The predicted molar refractivity (Wildman–Crippen MR) is 135 cm³/mol. The number of aromatic nitrogens is 2. The molecule has 152 valence electrons. The lowest BCUT2D eigenvalue weighted by molar-refractivity contribution is 1.06. The minimum atomic E-state index is 0.847. The summed E-state index contributed by atoms with van der Waals surface area (Å²) in [7, 11) is 0. The van der Waals surface area contributed by atoms with Gasteiger partial charge >= 0.3 is 0 Å². The molecule has 0 aliphatic rings. The molecule has 0 saturated carbocycles. The standard InChI is InChI=1S/C30H22N2/c1-2-21-12-14-23(15-13-21)24-16-17-29-28(19-24)26-10-6-7-11-27(26)30-31-20-25(32(29)30)18-22-8-4-3-5-9-22/h2-17,19-20H,1,18H2. The molecule has 4 aromatic carbocycles. The molecule has 0 unspecified atom stereocenters. The van der Waals surface area contributed by atoms with Crippen LogP contribution >= 0.6 is 0 Å². The third-order valence-corrected chi connectivity index (χ3v) is 6.24. The lowest BCUT2D eigenvalue weighted by Gasteiger charge is -2.13. The van der Waals surface area contributed by atoms with Crippen LogP contribution in [-0.2, 0) is 6.42 Å². The van der Waals surface area contributed by atoms with E-state index in [-0.39, 0.29) is 0 Å². The van der Waals surface area contributed by atoms with Gasteiger partial charge < -0.3 is 0 Å². The van der Waals surface area contributed by atoms with Crippen molar-refractivity contribution in [2.75, 3.05) is 0 Å². The van der Waals surface area contributed by atoms with Crippen molar-refractivity contribution in [2.24, 2.45) is 0 Å². The summed E-state index contributed by atoms with van der Waals surface area (Å²) in [6, 6.07) is 34.5. The van der Waals surface area contributed by atoms with E-state index in [2.05, 4.69) is 108 Å². The molecule has 2 heterocycles. The van der Waals surface area contributed by atoms with Gasteiger partial charge in [-0.05, 0) is 39.8 Å². The zero-order valence-corrected chi connectivity index (χ0v) is 17.7. The highest BCUT2D eigenvalue weighted by Gasteiger charge is 2.14. The van der Waals surface area contributed by atoms with Gasteiger partial charge in [0.2, 0.25) is 0 Å². The van der Waals surface area contributed by atoms with E-state index in [0.717, 1.165) is 17.6 Å². The van der Waals surface area contributed by atoms with Crippen molar-refractivity contribution in [3.63, 3.8) is 0 Å². The quantitative estimate of drug-likeness (QED) is 0.274. The molecule has 0 fully saturated rings.